The van der Waals surface area contributed by atoms with E-state index >= 15 is 0 Å². The molecule has 0 rings (SSSR count). The standard InChI is InChI=1S/C10H19O3P/c1-5-12-14(11,13-6-2)9-7-8-10(3)4/h7-9H,5-6H2,1-4H3/b9-7+. The Labute approximate surface area is 86.3 Å². The summed E-state index contributed by atoms with van der Waals surface area (Å²) in [5, 5.41) is 0. The van der Waals surface area contributed by atoms with E-state index in [9.17, 15) is 4.57 Å². The Morgan fingerprint density at radius 1 is 1.21 bits per heavy atom. The topological polar surface area (TPSA) is 35.5 Å². The molecular weight excluding hydrogens is 199 g/mol. The minimum atomic E-state index is -3.00. The van der Waals surface area contributed by atoms with Crippen LogP contribution in [-0.4, -0.2) is 13.2 Å². The summed E-state index contributed by atoms with van der Waals surface area (Å²) in [6.45, 7) is 8.29. The number of rotatable bonds is 6. The smallest absolute Gasteiger partial charge is 0.306 e. The van der Waals surface area contributed by atoms with Gasteiger partial charge in [0.2, 0.25) is 0 Å². The first-order valence-electron chi connectivity index (χ1n) is 4.75. The van der Waals surface area contributed by atoms with Crippen LogP contribution >= 0.6 is 7.60 Å². The van der Waals surface area contributed by atoms with Crippen LogP contribution in [0.15, 0.2) is 23.5 Å². The minimum absolute atomic E-state index is 0.385. The lowest BCUT2D eigenvalue weighted by molar-refractivity contribution is 0.229. The van der Waals surface area contributed by atoms with Crippen molar-refractivity contribution in [3.05, 3.63) is 23.5 Å². The highest BCUT2D eigenvalue weighted by Gasteiger charge is 2.17. The zero-order chi connectivity index (χ0) is 11.0. The van der Waals surface area contributed by atoms with Gasteiger partial charge in [0, 0.05) is 5.82 Å². The maximum atomic E-state index is 11.8. The van der Waals surface area contributed by atoms with Crippen LogP contribution in [0.1, 0.15) is 27.7 Å². The van der Waals surface area contributed by atoms with Crippen molar-refractivity contribution in [2.24, 2.45) is 0 Å². The lowest BCUT2D eigenvalue weighted by Crippen LogP contribution is -1.92. The van der Waals surface area contributed by atoms with Gasteiger partial charge in [0.1, 0.15) is 0 Å². The van der Waals surface area contributed by atoms with Crippen molar-refractivity contribution in [3.63, 3.8) is 0 Å². The molecular formula is C10H19O3P. The van der Waals surface area contributed by atoms with Gasteiger partial charge in [-0.25, -0.2) is 0 Å². The van der Waals surface area contributed by atoms with Crippen molar-refractivity contribution in [2.45, 2.75) is 27.7 Å². The molecule has 0 aromatic rings. The van der Waals surface area contributed by atoms with Crippen LogP contribution in [0.5, 0.6) is 0 Å². The zero-order valence-electron chi connectivity index (χ0n) is 9.32. The highest BCUT2D eigenvalue weighted by atomic mass is 31.2. The maximum Gasteiger partial charge on any atom is 0.354 e. The molecule has 0 saturated heterocycles. The Hall–Kier alpha value is -0.370. The minimum Gasteiger partial charge on any atom is -0.306 e. The van der Waals surface area contributed by atoms with E-state index in [0.717, 1.165) is 5.57 Å². The summed E-state index contributed by atoms with van der Waals surface area (Å²) < 4.78 is 22.0. The van der Waals surface area contributed by atoms with Crippen LogP contribution in [0.2, 0.25) is 0 Å². The Kier molecular flexibility index (Phi) is 6.81. The van der Waals surface area contributed by atoms with Crippen molar-refractivity contribution >= 4 is 7.60 Å². The van der Waals surface area contributed by atoms with Crippen LogP contribution in [0.3, 0.4) is 0 Å². The molecule has 0 saturated carbocycles. The second-order valence-electron chi connectivity index (χ2n) is 2.96. The monoisotopic (exact) mass is 218 g/mol. The number of hydrogen-bond donors (Lipinski definition) is 0. The van der Waals surface area contributed by atoms with Gasteiger partial charge < -0.3 is 9.05 Å². The highest BCUT2D eigenvalue weighted by molar-refractivity contribution is 7.57. The Bertz CT molecular complexity index is 242. The van der Waals surface area contributed by atoms with Gasteiger partial charge >= 0.3 is 7.60 Å². The van der Waals surface area contributed by atoms with Crippen LogP contribution < -0.4 is 0 Å². The second kappa shape index (κ2) is 6.99. The van der Waals surface area contributed by atoms with Gasteiger partial charge in [0.15, 0.2) is 0 Å². The SMILES string of the molecule is CCOP(=O)(/C=C/C=C(C)C)OCC. The summed E-state index contributed by atoms with van der Waals surface area (Å²) in [6.07, 6.45) is 3.58. The largest absolute Gasteiger partial charge is 0.354 e. The Morgan fingerprint density at radius 2 is 1.71 bits per heavy atom. The van der Waals surface area contributed by atoms with Crippen molar-refractivity contribution in [1.29, 1.82) is 0 Å². The predicted octanol–water partition coefficient (Wildman–Crippen LogP) is 3.73. The molecule has 14 heavy (non-hydrogen) atoms. The third kappa shape index (κ3) is 6.14. The average Bonchev–Trinajstić information content (AvgIpc) is 2.03. The van der Waals surface area contributed by atoms with Crippen LogP contribution in [0.25, 0.3) is 0 Å². The lowest BCUT2D eigenvalue weighted by atomic mass is 10.3. The molecule has 0 atom stereocenters. The summed E-state index contributed by atoms with van der Waals surface area (Å²) in [5.41, 5.74) is 1.14. The molecule has 0 bridgehead atoms. The number of hydrogen-bond acceptors (Lipinski definition) is 3. The normalized spacial score (nSPS) is 12.0. The van der Waals surface area contributed by atoms with Gasteiger partial charge in [-0.1, -0.05) is 17.7 Å². The van der Waals surface area contributed by atoms with Gasteiger partial charge in [0.25, 0.3) is 0 Å². The molecule has 0 unspecified atom stereocenters. The molecule has 0 aliphatic rings. The summed E-state index contributed by atoms with van der Waals surface area (Å²) in [4.78, 5) is 0. The van der Waals surface area contributed by atoms with E-state index in [4.69, 9.17) is 9.05 Å². The highest BCUT2D eigenvalue weighted by Crippen LogP contribution is 2.49. The third-order valence-electron chi connectivity index (χ3n) is 1.32. The summed E-state index contributed by atoms with van der Waals surface area (Å²) in [7, 11) is -3.00. The molecule has 0 aliphatic heterocycles. The molecule has 82 valence electrons. The summed E-state index contributed by atoms with van der Waals surface area (Å²) in [6, 6.07) is 0. The van der Waals surface area contributed by atoms with E-state index in [0.29, 0.717) is 13.2 Å². The molecule has 0 heterocycles. The summed E-state index contributed by atoms with van der Waals surface area (Å²) in [5.74, 6) is 1.49. The third-order valence-corrected chi connectivity index (χ3v) is 3.09. The quantitative estimate of drug-likeness (QED) is 0.503. The van der Waals surface area contributed by atoms with Crippen molar-refractivity contribution in [2.75, 3.05) is 13.2 Å². The first kappa shape index (κ1) is 13.6. The van der Waals surface area contributed by atoms with E-state index in [-0.39, 0.29) is 0 Å². The van der Waals surface area contributed by atoms with Crippen molar-refractivity contribution < 1.29 is 13.6 Å². The Morgan fingerprint density at radius 3 is 2.07 bits per heavy atom. The van der Waals surface area contributed by atoms with E-state index in [1.807, 2.05) is 19.9 Å². The fourth-order valence-corrected chi connectivity index (χ4v) is 2.09. The van der Waals surface area contributed by atoms with Gasteiger partial charge in [0.05, 0.1) is 13.2 Å². The molecule has 0 spiro atoms. The summed E-state index contributed by atoms with van der Waals surface area (Å²) >= 11 is 0. The van der Waals surface area contributed by atoms with E-state index in [1.54, 1.807) is 19.9 Å². The van der Waals surface area contributed by atoms with E-state index < -0.39 is 7.60 Å². The molecule has 0 aliphatic carbocycles. The van der Waals surface area contributed by atoms with Crippen LogP contribution in [-0.2, 0) is 13.6 Å². The fourth-order valence-electron chi connectivity index (χ4n) is 0.824. The molecule has 0 amide bonds. The van der Waals surface area contributed by atoms with Crippen LogP contribution in [0, 0.1) is 0 Å². The Balaban J connectivity index is 4.43. The van der Waals surface area contributed by atoms with Gasteiger partial charge in [-0.15, -0.1) is 0 Å². The molecule has 0 radical (unpaired) electrons. The second-order valence-corrected chi connectivity index (χ2v) is 4.86. The number of allylic oxidation sites excluding steroid dienone is 3. The molecule has 4 heteroatoms. The average molecular weight is 218 g/mol. The molecule has 0 aromatic heterocycles. The first-order chi connectivity index (χ1) is 6.54. The molecule has 3 nitrogen and oxygen atoms in total. The van der Waals surface area contributed by atoms with Crippen molar-refractivity contribution in [3.8, 4) is 0 Å². The predicted molar refractivity (Wildman–Crippen MR) is 59.4 cm³/mol. The van der Waals surface area contributed by atoms with Gasteiger partial charge in [-0.2, -0.15) is 0 Å². The molecule has 0 fully saturated rings. The van der Waals surface area contributed by atoms with Crippen molar-refractivity contribution in [1.82, 2.24) is 0 Å². The van der Waals surface area contributed by atoms with Gasteiger partial charge in [-0.3, -0.25) is 4.57 Å². The fraction of sp³-hybridized carbons (Fsp3) is 0.600. The zero-order valence-corrected chi connectivity index (χ0v) is 10.2. The van der Waals surface area contributed by atoms with E-state index in [1.165, 1.54) is 5.82 Å². The van der Waals surface area contributed by atoms with E-state index in [2.05, 4.69) is 0 Å². The maximum absolute atomic E-state index is 11.8. The first-order valence-corrected chi connectivity index (χ1v) is 6.36. The lowest BCUT2D eigenvalue weighted by Gasteiger charge is -2.11. The molecule has 0 N–H and O–H groups in total. The molecule has 0 aromatic carbocycles. The van der Waals surface area contributed by atoms with Gasteiger partial charge in [-0.05, 0) is 27.7 Å². The van der Waals surface area contributed by atoms with Crippen LogP contribution in [0.4, 0.5) is 0 Å².